The van der Waals surface area contributed by atoms with Crippen molar-refractivity contribution in [3.63, 3.8) is 0 Å². The van der Waals surface area contributed by atoms with Gasteiger partial charge in [-0.25, -0.2) is 9.59 Å². The third-order valence-corrected chi connectivity index (χ3v) is 16.4. The summed E-state index contributed by atoms with van der Waals surface area (Å²) in [6, 6.07) is 58.1. The second-order valence-electron chi connectivity index (χ2n) is 21.9. The molecule has 1 amide bonds. The van der Waals surface area contributed by atoms with Crippen LogP contribution >= 0.6 is 70.4 Å². The molecular formula is C75H83Br3IN5O7Si. The van der Waals surface area contributed by atoms with E-state index >= 15 is 0 Å². The molecule has 3 aliphatic rings. The van der Waals surface area contributed by atoms with Crippen molar-refractivity contribution in [2.45, 2.75) is 83.2 Å². The maximum Gasteiger partial charge on any atom is 0.330 e. The number of ether oxygens (including phenoxy) is 1. The normalized spacial score (nSPS) is 12.1. The molecule has 0 aliphatic heterocycles. The summed E-state index contributed by atoms with van der Waals surface area (Å²) >= 11 is 12.4. The number of nitrogens with zero attached hydrogens (tertiary/aromatic N) is 4. The van der Waals surface area contributed by atoms with Gasteiger partial charge in [0.1, 0.15) is 8.07 Å². The highest BCUT2D eigenvalue weighted by molar-refractivity contribution is 14.1. The summed E-state index contributed by atoms with van der Waals surface area (Å²) in [5.41, 5.74) is 13.2. The van der Waals surface area contributed by atoms with Crippen LogP contribution in [-0.4, -0.2) is 103 Å². The lowest BCUT2D eigenvalue weighted by atomic mass is 10.1. The molecular weight excluding hydrogens is 1480 g/mol. The summed E-state index contributed by atoms with van der Waals surface area (Å²) in [5, 5.41) is 18.6. The van der Waals surface area contributed by atoms with Gasteiger partial charge in [0.15, 0.2) is 0 Å². The Morgan fingerprint density at radius 2 is 0.989 bits per heavy atom. The fourth-order valence-electron chi connectivity index (χ4n) is 7.65. The van der Waals surface area contributed by atoms with Gasteiger partial charge in [0.2, 0.25) is 6.41 Å². The molecule has 3 aliphatic carbocycles. The summed E-state index contributed by atoms with van der Waals surface area (Å²) < 4.78 is 9.18. The van der Waals surface area contributed by atoms with E-state index in [4.69, 9.17) is 32.6 Å². The quantitative estimate of drug-likeness (QED) is 0.0239. The Kier molecular flexibility index (Phi) is 36.7. The average Bonchev–Trinajstić information content (AvgIpc) is 1.87. The Hall–Kier alpha value is -7.83. The fourth-order valence-corrected chi connectivity index (χ4v) is 9.18. The minimum Gasteiger partial charge on any atom is -0.483 e. The summed E-state index contributed by atoms with van der Waals surface area (Å²) in [6.45, 7) is 8.39. The fraction of sp³-hybridized carbons (Fsp3) is 0.253. The van der Waals surface area contributed by atoms with Crippen LogP contribution in [0, 0.1) is 39.7 Å². The van der Waals surface area contributed by atoms with Crippen LogP contribution in [0.25, 0.3) is 12.2 Å². The van der Waals surface area contributed by atoms with Crippen LogP contribution in [0.3, 0.4) is 0 Å². The zero-order valence-electron chi connectivity index (χ0n) is 53.7. The van der Waals surface area contributed by atoms with Crippen molar-refractivity contribution < 1.29 is 34.1 Å². The highest BCUT2D eigenvalue weighted by Gasteiger charge is 2.28. The molecule has 17 heteroatoms. The largest absolute Gasteiger partial charge is 0.483 e. The van der Waals surface area contributed by atoms with Gasteiger partial charge in [-0.2, -0.15) is 0 Å². The number of halogens is 4. The Morgan fingerprint density at radius 3 is 1.39 bits per heavy atom. The van der Waals surface area contributed by atoms with Crippen LogP contribution in [0.1, 0.15) is 73.3 Å². The van der Waals surface area contributed by atoms with Gasteiger partial charge in [0.25, 0.3) is 6.47 Å². The first-order valence-corrected chi connectivity index (χ1v) is 36.6. The topological polar surface area (TPSA) is 143 Å². The molecule has 0 aromatic heterocycles. The molecule has 12 nitrogen and oxygen atoms in total. The number of carbonyl (C=O) groups excluding carboxylic acids is 2. The van der Waals surface area contributed by atoms with Gasteiger partial charge in [0.05, 0.1) is 6.61 Å². The van der Waals surface area contributed by atoms with E-state index in [-0.39, 0.29) is 12.4 Å². The van der Waals surface area contributed by atoms with Gasteiger partial charge >= 0.3 is 11.9 Å². The van der Waals surface area contributed by atoms with Crippen molar-refractivity contribution in [1.29, 1.82) is 0 Å². The Labute approximate surface area is 586 Å². The lowest BCUT2D eigenvalue weighted by Crippen LogP contribution is -2.19. The molecule has 3 N–H and O–H groups in total. The molecule has 0 atom stereocenters. The number of terminal acetylenes is 2. The number of carboxylic acids is 1. The number of carbonyl (C=O) groups is 4. The number of nitrogens with one attached hydrogen (secondary N) is 1. The highest BCUT2D eigenvalue weighted by atomic mass is 127. The molecule has 482 valence electrons. The summed E-state index contributed by atoms with van der Waals surface area (Å²) in [4.78, 5) is 48.7. The van der Waals surface area contributed by atoms with Gasteiger partial charge < -0.3 is 39.9 Å². The molecule has 0 unspecified atom stereocenters. The van der Waals surface area contributed by atoms with E-state index in [1.54, 1.807) is 26.1 Å². The minimum absolute atomic E-state index is 0.250. The van der Waals surface area contributed by atoms with Crippen LogP contribution in [0.2, 0.25) is 19.6 Å². The third-order valence-electron chi connectivity index (χ3n) is 13.3. The Morgan fingerprint density at radius 1 is 0.598 bits per heavy atom. The van der Waals surface area contributed by atoms with E-state index in [2.05, 4.69) is 203 Å². The van der Waals surface area contributed by atoms with E-state index in [0.29, 0.717) is 12.6 Å². The van der Waals surface area contributed by atoms with Crippen LogP contribution < -0.4 is 24.9 Å². The van der Waals surface area contributed by atoms with Crippen LogP contribution in [0.15, 0.2) is 195 Å². The molecule has 92 heavy (non-hydrogen) atoms. The first-order chi connectivity index (χ1) is 44.0. The van der Waals surface area contributed by atoms with Crippen LogP contribution in [-0.2, 0) is 23.9 Å². The molecule has 0 radical (unpaired) electrons. The van der Waals surface area contributed by atoms with Gasteiger partial charge in [-0.3, -0.25) is 9.59 Å². The second kappa shape index (κ2) is 43.1. The van der Waals surface area contributed by atoms with Crippen molar-refractivity contribution in [3.05, 3.63) is 227 Å². The predicted molar refractivity (Wildman–Crippen MR) is 406 cm³/mol. The molecule has 3 saturated carbocycles. The van der Waals surface area contributed by atoms with E-state index in [9.17, 15) is 14.4 Å². The number of amides is 1. The van der Waals surface area contributed by atoms with Gasteiger partial charge in [-0.05, 0) is 207 Å². The van der Waals surface area contributed by atoms with E-state index in [1.165, 1.54) is 70.1 Å². The number of aliphatic carboxylic acids is 1. The summed E-state index contributed by atoms with van der Waals surface area (Å²) in [5.74, 6) is 7.76. The minimum atomic E-state index is -1.10. The average molecular weight is 1560 g/mol. The molecule has 0 heterocycles. The number of hydrogen-bond donors (Lipinski definition) is 3. The van der Waals surface area contributed by atoms with E-state index in [0.717, 1.165) is 77.2 Å². The second-order valence-corrected chi connectivity index (χ2v) is 30.7. The SMILES string of the molecule is C#C[Si](C)(C)C.C#Cc1cccc(N(C)C2CC2)c1.CCOC(=O)/C=C\c1ccc(I)cc1.CN(C=O)c1cccc(Br)c1.CN(c1cccc(Br)c1)C1CC1.CN(c1cccc(C#Cc2ccc(/C=C/C(=O)O)cc2)c1)C1CC1.CNc1cccc(Br)c1.O=CO. The van der Waals surface area contributed by atoms with Crippen molar-refractivity contribution >= 4 is 144 Å². The first-order valence-electron chi connectivity index (χ1n) is 29.6. The van der Waals surface area contributed by atoms with Crippen LogP contribution in [0.5, 0.6) is 0 Å². The summed E-state index contributed by atoms with van der Waals surface area (Å²) in [6.07, 6.45) is 25.0. The molecule has 10 rings (SSSR count). The maximum absolute atomic E-state index is 11.0. The summed E-state index contributed by atoms with van der Waals surface area (Å²) in [7, 11) is 8.95. The highest BCUT2D eigenvalue weighted by Crippen LogP contribution is 2.33. The lowest BCUT2D eigenvalue weighted by molar-refractivity contribution is -0.137. The van der Waals surface area contributed by atoms with Crippen molar-refractivity contribution in [2.24, 2.45) is 0 Å². The van der Waals surface area contributed by atoms with Crippen molar-refractivity contribution in [3.8, 4) is 36.2 Å². The smallest absolute Gasteiger partial charge is 0.330 e. The Bertz CT molecular complexity index is 3620. The third kappa shape index (κ3) is 34.0. The van der Waals surface area contributed by atoms with Gasteiger partial charge in [0, 0.05) is 128 Å². The maximum atomic E-state index is 11.0. The number of hydrogen-bond acceptors (Lipinski definition) is 9. The predicted octanol–water partition coefficient (Wildman–Crippen LogP) is 17.7. The van der Waals surface area contributed by atoms with Gasteiger partial charge in [-0.15, -0.1) is 18.4 Å². The van der Waals surface area contributed by atoms with E-state index < -0.39 is 14.0 Å². The standard InChI is InChI=1S/C21H19NO2.C12H13N.C11H11IO2.C10H12BrN.C8H8BrNO.C7H8BrN.C5H10Si.CH2O2/c1-22(19-12-13-19)20-4-2-3-18(15-20)10-9-16-5-7-17(8-6-16)11-14-21(23)24;1-3-10-5-4-6-12(9-10)13(2)11-7-8-11;1-2-14-11(13)8-5-9-3-6-10(12)7-4-9;1-12(9-5-6-9)10-4-2-3-8(11)7-10;1-10(6-11)8-4-2-3-7(9)5-8;1-9-7-4-2-3-6(8)5-7;1-5-6(2,3)4;2-1-3/h2-8,11,14-15,19H,12-13H2,1H3,(H,23,24);1,4-6,9,11H,7-8H2,2H3;3-8H,2H2,1H3;2-4,7,9H,5-6H2,1H3;2-6H,1H3;2-5,9H,1H3;1H,2-4H3;1H,(H,2,3)/b14-11+;;8-5-;;;;;. The number of anilines is 5. The van der Waals surface area contributed by atoms with Gasteiger partial charge in [-0.1, -0.05) is 140 Å². The molecule has 7 aromatic rings. The van der Waals surface area contributed by atoms with E-state index in [1.807, 2.05) is 128 Å². The molecule has 0 saturated heterocycles. The molecule has 0 spiro atoms. The van der Waals surface area contributed by atoms with Crippen molar-refractivity contribution in [2.75, 3.05) is 66.8 Å². The zero-order valence-corrected chi connectivity index (χ0v) is 61.6. The number of carboxylic acid groups (broad SMARTS) is 2. The number of esters is 1. The number of rotatable bonds is 14. The van der Waals surface area contributed by atoms with Crippen molar-refractivity contribution in [1.82, 2.24) is 0 Å². The van der Waals surface area contributed by atoms with Crippen LogP contribution in [0.4, 0.5) is 28.4 Å². The molecule has 0 bridgehead atoms. The molecule has 7 aromatic carbocycles. The zero-order chi connectivity index (χ0) is 68.0. The first kappa shape index (κ1) is 78.4. The monoisotopic (exact) mass is 1560 g/mol. The number of benzene rings is 7. The Balaban J connectivity index is 0.000000288. The lowest BCUT2D eigenvalue weighted by Gasteiger charge is -2.18. The molecule has 3 fully saturated rings.